The fraction of sp³-hybridized carbons (Fsp3) is 0.0500. The number of alkyl halides is 3. The summed E-state index contributed by atoms with van der Waals surface area (Å²) < 4.78 is 41.8. The first-order valence-corrected chi connectivity index (χ1v) is 8.52. The van der Waals surface area contributed by atoms with Crippen LogP contribution in [-0.2, 0) is 6.18 Å². The first kappa shape index (κ1) is 18.5. The Hall–Kier alpha value is -3.88. The van der Waals surface area contributed by atoms with Crippen LogP contribution < -0.4 is 11.1 Å². The van der Waals surface area contributed by atoms with E-state index >= 15 is 0 Å². The summed E-state index contributed by atoms with van der Waals surface area (Å²) in [6.45, 7) is 0. The number of hydrogen-bond donors (Lipinski definition) is 2. The van der Waals surface area contributed by atoms with Crippen LogP contribution in [0.3, 0.4) is 0 Å². The molecule has 0 unspecified atom stereocenters. The number of nitrogens with zero attached hydrogens (tertiary/aromatic N) is 3. The minimum atomic E-state index is -4.57. The lowest BCUT2D eigenvalue weighted by Gasteiger charge is -2.15. The van der Waals surface area contributed by atoms with Gasteiger partial charge in [-0.3, -0.25) is 9.78 Å². The van der Waals surface area contributed by atoms with Crippen LogP contribution >= 0.6 is 0 Å². The summed E-state index contributed by atoms with van der Waals surface area (Å²) in [5.74, 6) is -0.586. The van der Waals surface area contributed by atoms with Gasteiger partial charge < -0.3 is 11.1 Å². The molecule has 6 nitrogen and oxygen atoms in total. The predicted molar refractivity (Wildman–Crippen MR) is 102 cm³/mol. The van der Waals surface area contributed by atoms with Crippen molar-refractivity contribution in [3.8, 4) is 11.3 Å². The molecule has 0 saturated carbocycles. The van der Waals surface area contributed by atoms with E-state index in [9.17, 15) is 18.0 Å². The summed E-state index contributed by atoms with van der Waals surface area (Å²) in [7, 11) is 0. The number of amides is 1. The zero-order valence-corrected chi connectivity index (χ0v) is 14.8. The highest BCUT2D eigenvalue weighted by molar-refractivity contribution is 6.13. The number of hydrogen-bond acceptors (Lipinski definition) is 4. The second kappa shape index (κ2) is 6.93. The van der Waals surface area contributed by atoms with E-state index in [0.717, 1.165) is 6.07 Å². The average Bonchev–Trinajstić information content (AvgIpc) is 3.03. The molecule has 0 aliphatic heterocycles. The third-order valence-corrected chi connectivity index (χ3v) is 4.34. The second-order valence-electron chi connectivity index (χ2n) is 6.19. The summed E-state index contributed by atoms with van der Waals surface area (Å²) in [5, 5.41) is 6.69. The normalized spacial score (nSPS) is 11.6. The number of nitrogens with one attached hydrogen (secondary N) is 1. The van der Waals surface area contributed by atoms with Gasteiger partial charge in [0.2, 0.25) is 0 Å². The van der Waals surface area contributed by atoms with Crippen LogP contribution in [0.4, 0.5) is 24.7 Å². The topological polar surface area (TPSA) is 85.3 Å². The molecule has 0 bridgehead atoms. The standard InChI is InChI=1S/C20H14F3N5O/c21-20(22,23)13-7-2-1-6-12(13)17-14(8-5-10-25-17)26-19(29)16-15-9-3-4-11-28(15)27-18(16)24/h1-11H,(H2,24,27)(H,26,29). The minimum absolute atomic E-state index is 0.00354. The molecule has 1 aromatic carbocycles. The number of nitrogens with two attached hydrogens (primary N) is 1. The molecule has 0 fully saturated rings. The molecule has 0 aliphatic carbocycles. The Morgan fingerprint density at radius 1 is 1.03 bits per heavy atom. The van der Waals surface area contributed by atoms with Crippen molar-refractivity contribution in [3.05, 3.63) is 78.1 Å². The quantitative estimate of drug-likeness (QED) is 0.541. The van der Waals surface area contributed by atoms with Crippen LogP contribution in [0.1, 0.15) is 15.9 Å². The predicted octanol–water partition coefficient (Wildman–Crippen LogP) is 4.25. The van der Waals surface area contributed by atoms with Gasteiger partial charge in [-0.25, -0.2) is 4.52 Å². The summed E-state index contributed by atoms with van der Waals surface area (Å²) >= 11 is 0. The van der Waals surface area contributed by atoms with Crippen molar-refractivity contribution >= 4 is 22.9 Å². The van der Waals surface area contributed by atoms with Crippen LogP contribution in [-0.4, -0.2) is 20.5 Å². The number of fused-ring (bicyclic) bond motifs is 1. The van der Waals surface area contributed by atoms with E-state index in [2.05, 4.69) is 15.4 Å². The maximum atomic E-state index is 13.4. The van der Waals surface area contributed by atoms with Crippen LogP contribution in [0, 0.1) is 0 Å². The minimum Gasteiger partial charge on any atom is -0.382 e. The molecule has 0 spiro atoms. The molecular weight excluding hydrogens is 383 g/mol. The Balaban J connectivity index is 1.78. The molecule has 3 aromatic heterocycles. The number of halogens is 3. The van der Waals surface area contributed by atoms with E-state index in [4.69, 9.17) is 5.73 Å². The largest absolute Gasteiger partial charge is 0.417 e. The maximum absolute atomic E-state index is 13.4. The Kier molecular flexibility index (Phi) is 4.42. The molecule has 0 saturated heterocycles. The molecule has 4 aromatic rings. The van der Waals surface area contributed by atoms with E-state index < -0.39 is 17.6 Å². The first-order chi connectivity index (χ1) is 13.9. The highest BCUT2D eigenvalue weighted by Crippen LogP contribution is 2.38. The van der Waals surface area contributed by atoms with Gasteiger partial charge in [-0.05, 0) is 30.3 Å². The van der Waals surface area contributed by atoms with Gasteiger partial charge in [0.25, 0.3) is 5.91 Å². The SMILES string of the molecule is Nc1nn2ccccc2c1C(=O)Nc1cccnc1-c1ccccc1C(F)(F)F. The fourth-order valence-electron chi connectivity index (χ4n) is 3.09. The second-order valence-corrected chi connectivity index (χ2v) is 6.19. The molecule has 4 rings (SSSR count). The van der Waals surface area contributed by atoms with Crippen molar-refractivity contribution in [2.24, 2.45) is 0 Å². The Labute approximate surface area is 162 Å². The molecule has 3 heterocycles. The van der Waals surface area contributed by atoms with Crippen molar-refractivity contribution in [2.45, 2.75) is 6.18 Å². The molecule has 146 valence electrons. The fourth-order valence-corrected chi connectivity index (χ4v) is 3.09. The molecular formula is C20H14F3N5O. The van der Waals surface area contributed by atoms with Crippen LogP contribution in [0.5, 0.6) is 0 Å². The zero-order chi connectivity index (χ0) is 20.6. The Morgan fingerprint density at radius 3 is 2.59 bits per heavy atom. The number of benzene rings is 1. The molecule has 0 radical (unpaired) electrons. The van der Waals surface area contributed by atoms with Crippen LogP contribution in [0.15, 0.2) is 67.0 Å². The maximum Gasteiger partial charge on any atom is 0.417 e. The summed E-state index contributed by atoms with van der Waals surface area (Å²) in [6, 6.07) is 13.2. The van der Waals surface area contributed by atoms with Gasteiger partial charge in [0.15, 0.2) is 5.82 Å². The average molecular weight is 397 g/mol. The highest BCUT2D eigenvalue weighted by Gasteiger charge is 2.34. The van der Waals surface area contributed by atoms with E-state index in [0.29, 0.717) is 5.52 Å². The number of rotatable bonds is 3. The molecule has 0 atom stereocenters. The van der Waals surface area contributed by atoms with Gasteiger partial charge in [-0.15, -0.1) is 5.10 Å². The van der Waals surface area contributed by atoms with Gasteiger partial charge in [0.05, 0.1) is 22.5 Å². The molecule has 29 heavy (non-hydrogen) atoms. The lowest BCUT2D eigenvalue weighted by atomic mass is 10.0. The summed E-state index contributed by atoms with van der Waals surface area (Å²) in [4.78, 5) is 17.0. The summed E-state index contributed by atoms with van der Waals surface area (Å²) in [5.41, 5.74) is 5.64. The number of pyridine rings is 2. The number of carbonyl (C=O) groups is 1. The number of aromatic nitrogens is 3. The van der Waals surface area contributed by atoms with Crippen molar-refractivity contribution in [1.29, 1.82) is 0 Å². The number of nitrogen functional groups attached to an aromatic ring is 1. The van der Waals surface area contributed by atoms with Crippen molar-refractivity contribution < 1.29 is 18.0 Å². The van der Waals surface area contributed by atoms with E-state index in [1.165, 1.54) is 41.0 Å². The molecule has 3 N–H and O–H groups in total. The van der Waals surface area contributed by atoms with Gasteiger partial charge >= 0.3 is 6.18 Å². The number of carbonyl (C=O) groups excluding carboxylic acids is 1. The smallest absolute Gasteiger partial charge is 0.382 e. The van der Waals surface area contributed by atoms with Crippen LogP contribution in [0.25, 0.3) is 16.8 Å². The molecule has 0 aliphatic rings. The third kappa shape index (κ3) is 3.38. The van der Waals surface area contributed by atoms with E-state index in [-0.39, 0.29) is 28.3 Å². The van der Waals surface area contributed by atoms with Crippen molar-refractivity contribution in [1.82, 2.24) is 14.6 Å². The van der Waals surface area contributed by atoms with Gasteiger partial charge in [-0.1, -0.05) is 24.3 Å². The molecule has 9 heteroatoms. The number of anilines is 2. The van der Waals surface area contributed by atoms with Gasteiger partial charge in [0, 0.05) is 18.0 Å². The third-order valence-electron chi connectivity index (χ3n) is 4.34. The van der Waals surface area contributed by atoms with Crippen molar-refractivity contribution in [2.75, 3.05) is 11.1 Å². The monoisotopic (exact) mass is 397 g/mol. The Morgan fingerprint density at radius 2 is 1.79 bits per heavy atom. The first-order valence-electron chi connectivity index (χ1n) is 8.52. The molecule has 1 amide bonds. The van der Waals surface area contributed by atoms with E-state index in [1.807, 2.05) is 0 Å². The Bertz CT molecular complexity index is 1220. The highest BCUT2D eigenvalue weighted by atomic mass is 19.4. The van der Waals surface area contributed by atoms with E-state index in [1.54, 1.807) is 24.4 Å². The lowest BCUT2D eigenvalue weighted by molar-refractivity contribution is -0.137. The zero-order valence-electron chi connectivity index (χ0n) is 14.8. The van der Waals surface area contributed by atoms with Crippen molar-refractivity contribution in [3.63, 3.8) is 0 Å². The van der Waals surface area contributed by atoms with Crippen LogP contribution in [0.2, 0.25) is 0 Å². The van der Waals surface area contributed by atoms with Gasteiger partial charge in [0.1, 0.15) is 5.56 Å². The van der Waals surface area contributed by atoms with Gasteiger partial charge in [-0.2, -0.15) is 13.2 Å². The lowest BCUT2D eigenvalue weighted by Crippen LogP contribution is -2.15. The summed E-state index contributed by atoms with van der Waals surface area (Å²) in [6.07, 6.45) is -1.57.